The minimum atomic E-state index is -3.75. The van der Waals surface area contributed by atoms with Crippen molar-refractivity contribution < 1.29 is 36.2 Å². The quantitative estimate of drug-likeness (QED) is 0.509. The first kappa shape index (κ1) is 24.7. The summed E-state index contributed by atoms with van der Waals surface area (Å²) in [5.74, 6) is -0.956. The summed E-state index contributed by atoms with van der Waals surface area (Å²) in [6, 6.07) is 7.43. The Morgan fingerprint density at radius 2 is 1.61 bits per heavy atom. The predicted molar refractivity (Wildman–Crippen MR) is 116 cm³/mol. The van der Waals surface area contributed by atoms with Crippen LogP contribution in [0.3, 0.4) is 0 Å². The molecular weight excluding hydrogens is 458 g/mol. The van der Waals surface area contributed by atoms with Gasteiger partial charge in [-0.2, -0.15) is 4.31 Å². The number of carbonyl (C=O) groups is 1. The fraction of sp³-hybridized carbons (Fsp3) is 0.409. The Bertz CT molecular complexity index is 1090. The third kappa shape index (κ3) is 5.91. The minimum Gasteiger partial charge on any atom is -0.493 e. The van der Waals surface area contributed by atoms with Crippen molar-refractivity contribution >= 4 is 15.9 Å². The van der Waals surface area contributed by atoms with Crippen LogP contribution in [-0.2, 0) is 14.8 Å². The highest BCUT2D eigenvalue weighted by molar-refractivity contribution is 7.89. The lowest BCUT2D eigenvalue weighted by atomic mass is 10.2. The van der Waals surface area contributed by atoms with E-state index in [1.165, 1.54) is 42.8 Å². The molecule has 1 amide bonds. The monoisotopic (exact) mass is 484 g/mol. The van der Waals surface area contributed by atoms with E-state index < -0.39 is 21.7 Å². The standard InChI is InChI=1S/C22H26F2N2O6S/c1-30-20-8-6-17(15-21(20)31-2)33(28,29)26-11-9-25(10-12-26)22(27)4-3-13-32-19-7-5-16(23)14-18(19)24/h5-8,14-15H,3-4,9-13H2,1-2H3. The van der Waals surface area contributed by atoms with E-state index in [0.29, 0.717) is 17.9 Å². The average Bonchev–Trinajstić information content (AvgIpc) is 2.82. The summed E-state index contributed by atoms with van der Waals surface area (Å²) in [5.41, 5.74) is 0. The van der Waals surface area contributed by atoms with Crippen molar-refractivity contribution in [1.29, 1.82) is 0 Å². The zero-order chi connectivity index (χ0) is 24.0. The first-order valence-corrected chi connectivity index (χ1v) is 11.8. The second-order valence-electron chi connectivity index (χ2n) is 7.33. The van der Waals surface area contributed by atoms with Crippen LogP contribution in [0.5, 0.6) is 17.2 Å². The number of ether oxygens (including phenoxy) is 3. The maximum atomic E-state index is 13.6. The third-order valence-corrected chi connectivity index (χ3v) is 7.17. The van der Waals surface area contributed by atoms with Crippen LogP contribution < -0.4 is 14.2 Å². The van der Waals surface area contributed by atoms with Gasteiger partial charge in [0, 0.05) is 44.7 Å². The zero-order valence-corrected chi connectivity index (χ0v) is 19.2. The smallest absolute Gasteiger partial charge is 0.243 e. The van der Waals surface area contributed by atoms with Gasteiger partial charge in [0.1, 0.15) is 5.82 Å². The molecule has 0 atom stereocenters. The molecule has 0 spiro atoms. The lowest BCUT2D eigenvalue weighted by Gasteiger charge is -2.34. The molecule has 1 aliphatic rings. The summed E-state index contributed by atoms with van der Waals surface area (Å²) in [6.45, 7) is 0.957. The van der Waals surface area contributed by atoms with Gasteiger partial charge in [-0.1, -0.05) is 0 Å². The molecule has 0 unspecified atom stereocenters. The molecule has 33 heavy (non-hydrogen) atoms. The first-order valence-electron chi connectivity index (χ1n) is 10.3. The number of hydrogen-bond acceptors (Lipinski definition) is 6. The Morgan fingerprint density at radius 3 is 2.24 bits per heavy atom. The molecule has 11 heteroatoms. The summed E-state index contributed by atoms with van der Waals surface area (Å²) in [5, 5.41) is 0. The largest absolute Gasteiger partial charge is 0.493 e. The number of nitrogens with zero attached hydrogens (tertiary/aromatic N) is 2. The van der Waals surface area contributed by atoms with Crippen LogP contribution in [0.1, 0.15) is 12.8 Å². The van der Waals surface area contributed by atoms with Gasteiger partial charge in [-0.05, 0) is 30.7 Å². The maximum absolute atomic E-state index is 13.6. The van der Waals surface area contributed by atoms with E-state index in [0.717, 1.165) is 12.1 Å². The number of methoxy groups -OCH3 is 2. The molecule has 0 aliphatic carbocycles. The molecule has 2 aromatic rings. The van der Waals surface area contributed by atoms with Crippen LogP contribution in [-0.4, -0.2) is 70.5 Å². The molecule has 1 heterocycles. The number of benzene rings is 2. The topological polar surface area (TPSA) is 85.4 Å². The van der Waals surface area contributed by atoms with Crippen LogP contribution in [0.4, 0.5) is 8.78 Å². The molecule has 0 N–H and O–H groups in total. The van der Waals surface area contributed by atoms with E-state index in [4.69, 9.17) is 14.2 Å². The Kier molecular flexibility index (Phi) is 8.09. The maximum Gasteiger partial charge on any atom is 0.243 e. The summed E-state index contributed by atoms with van der Waals surface area (Å²) >= 11 is 0. The highest BCUT2D eigenvalue weighted by atomic mass is 32.2. The van der Waals surface area contributed by atoms with E-state index in [1.54, 1.807) is 4.90 Å². The molecule has 2 aromatic carbocycles. The number of rotatable bonds is 9. The Hall–Kier alpha value is -2.92. The molecule has 180 valence electrons. The molecular formula is C22H26F2N2O6S. The average molecular weight is 485 g/mol. The number of sulfonamides is 1. The highest BCUT2D eigenvalue weighted by Crippen LogP contribution is 2.31. The Balaban J connectivity index is 1.49. The van der Waals surface area contributed by atoms with E-state index in [2.05, 4.69) is 0 Å². The van der Waals surface area contributed by atoms with Crippen LogP contribution in [0.25, 0.3) is 0 Å². The molecule has 0 saturated carbocycles. The number of carbonyl (C=O) groups excluding carboxylic acids is 1. The van der Waals surface area contributed by atoms with Crippen molar-refractivity contribution in [2.24, 2.45) is 0 Å². The van der Waals surface area contributed by atoms with E-state index in [9.17, 15) is 22.0 Å². The second kappa shape index (κ2) is 10.8. The van der Waals surface area contributed by atoms with Crippen LogP contribution >= 0.6 is 0 Å². The van der Waals surface area contributed by atoms with Crippen LogP contribution in [0.2, 0.25) is 0 Å². The highest BCUT2D eigenvalue weighted by Gasteiger charge is 2.30. The molecule has 1 fully saturated rings. The van der Waals surface area contributed by atoms with Gasteiger partial charge >= 0.3 is 0 Å². The van der Waals surface area contributed by atoms with Gasteiger partial charge in [-0.3, -0.25) is 4.79 Å². The summed E-state index contributed by atoms with van der Waals surface area (Å²) in [6.07, 6.45) is 0.519. The van der Waals surface area contributed by atoms with Gasteiger partial charge in [0.2, 0.25) is 15.9 Å². The van der Waals surface area contributed by atoms with E-state index in [1.807, 2.05) is 0 Å². The predicted octanol–water partition coefficient (Wildman–Crippen LogP) is 2.67. The Morgan fingerprint density at radius 1 is 0.939 bits per heavy atom. The summed E-state index contributed by atoms with van der Waals surface area (Å²) in [7, 11) is -0.852. The minimum absolute atomic E-state index is 0.0715. The van der Waals surface area contributed by atoms with Gasteiger partial charge in [-0.15, -0.1) is 0 Å². The van der Waals surface area contributed by atoms with Crippen molar-refractivity contribution in [3.63, 3.8) is 0 Å². The number of halogens is 2. The van der Waals surface area contributed by atoms with E-state index >= 15 is 0 Å². The van der Waals surface area contributed by atoms with Crippen molar-refractivity contribution in [3.05, 3.63) is 48.0 Å². The van der Waals surface area contributed by atoms with Gasteiger partial charge in [-0.25, -0.2) is 17.2 Å². The summed E-state index contributed by atoms with van der Waals surface area (Å²) in [4.78, 5) is 14.1. The fourth-order valence-electron chi connectivity index (χ4n) is 3.46. The molecule has 8 nitrogen and oxygen atoms in total. The van der Waals surface area contributed by atoms with Crippen molar-refractivity contribution in [2.45, 2.75) is 17.7 Å². The second-order valence-corrected chi connectivity index (χ2v) is 9.27. The van der Waals surface area contributed by atoms with Crippen molar-refractivity contribution in [2.75, 3.05) is 47.0 Å². The SMILES string of the molecule is COc1ccc(S(=O)(=O)N2CCN(C(=O)CCCOc3ccc(F)cc3F)CC2)cc1OC. The molecule has 1 saturated heterocycles. The molecule has 1 aliphatic heterocycles. The fourth-order valence-corrected chi connectivity index (χ4v) is 4.90. The number of hydrogen-bond donors (Lipinski definition) is 0. The lowest BCUT2D eigenvalue weighted by Crippen LogP contribution is -2.50. The van der Waals surface area contributed by atoms with Gasteiger partial charge < -0.3 is 19.1 Å². The molecule has 0 aromatic heterocycles. The normalized spacial score (nSPS) is 14.7. The molecule has 0 bridgehead atoms. The summed E-state index contributed by atoms with van der Waals surface area (Å²) < 4.78 is 69.4. The van der Waals surface area contributed by atoms with Gasteiger partial charge in [0.15, 0.2) is 23.1 Å². The molecule has 3 rings (SSSR count). The van der Waals surface area contributed by atoms with Crippen molar-refractivity contribution in [3.8, 4) is 17.2 Å². The molecule has 0 radical (unpaired) electrons. The van der Waals surface area contributed by atoms with E-state index in [-0.39, 0.29) is 55.8 Å². The Labute approximate surface area is 191 Å². The first-order chi connectivity index (χ1) is 15.8. The van der Waals surface area contributed by atoms with Crippen LogP contribution in [0.15, 0.2) is 41.3 Å². The van der Waals surface area contributed by atoms with Crippen LogP contribution in [0, 0.1) is 11.6 Å². The zero-order valence-electron chi connectivity index (χ0n) is 18.4. The van der Waals surface area contributed by atoms with Crippen molar-refractivity contribution in [1.82, 2.24) is 9.21 Å². The number of amides is 1. The number of piperazine rings is 1. The van der Waals surface area contributed by atoms with Gasteiger partial charge in [0.25, 0.3) is 0 Å². The van der Waals surface area contributed by atoms with Gasteiger partial charge in [0.05, 0.1) is 25.7 Å². The third-order valence-electron chi connectivity index (χ3n) is 5.27. The lowest BCUT2D eigenvalue weighted by molar-refractivity contribution is -0.132.